The molecule has 2 N–H and O–H groups in total. The van der Waals surface area contributed by atoms with Gasteiger partial charge in [-0.1, -0.05) is 310 Å². The van der Waals surface area contributed by atoms with Gasteiger partial charge >= 0.3 is 35.8 Å². The molecule has 0 aliphatic carbocycles. The number of hydrogen-bond acceptors (Lipinski definition) is 14. The first-order chi connectivity index (χ1) is 57.9. The number of nitrogens with one attached hydrogen (secondary N) is 2. The Kier molecular flexibility index (Phi) is 70.1. The second-order valence-corrected chi connectivity index (χ2v) is 26.4. The first-order valence-corrected chi connectivity index (χ1v) is 41.6. The number of hydrogen-bond donors (Lipinski definition) is 2. The van der Waals surface area contributed by atoms with Crippen molar-refractivity contribution in [3.05, 3.63) is 338 Å². The lowest BCUT2D eigenvalue weighted by Crippen LogP contribution is -2.25. The van der Waals surface area contributed by atoms with E-state index in [0.717, 1.165) is 116 Å². The van der Waals surface area contributed by atoms with Crippen LogP contribution in [-0.2, 0) is 28.7 Å². The molecule has 0 saturated carbocycles. The van der Waals surface area contributed by atoms with Gasteiger partial charge in [0.15, 0.2) is 0 Å². The Morgan fingerprint density at radius 1 is 0.264 bits per heavy atom. The van der Waals surface area contributed by atoms with E-state index in [1.54, 1.807) is 48.5 Å². The van der Waals surface area contributed by atoms with E-state index in [9.17, 15) is 38.4 Å². The molecular formula is C105H138N2O14. The molecule has 652 valence electrons. The third kappa shape index (κ3) is 59.3. The summed E-state index contributed by atoms with van der Waals surface area (Å²) < 4.78 is 32.5. The highest BCUT2D eigenvalue weighted by molar-refractivity contribution is 5.99. The summed E-state index contributed by atoms with van der Waals surface area (Å²) in [5.41, 5.74) is 0.218. The molecule has 0 saturated heterocycles. The maximum absolute atomic E-state index is 13.3. The fraction of sp³-hybridized carbons (Fsp3) is 0.352. The third-order valence-electron chi connectivity index (χ3n) is 16.4. The van der Waals surface area contributed by atoms with Crippen LogP contribution in [0.15, 0.2) is 316 Å². The van der Waals surface area contributed by atoms with E-state index in [-0.39, 0.29) is 99.0 Å². The van der Waals surface area contributed by atoms with Gasteiger partial charge in [0.25, 0.3) is 0 Å². The number of para-hydroxylation sites is 4. The molecule has 0 heterocycles. The molecule has 0 radical (unpaired) electrons. The van der Waals surface area contributed by atoms with E-state index in [0.29, 0.717) is 58.0 Å². The highest BCUT2D eigenvalue weighted by Gasteiger charge is 2.23. The van der Waals surface area contributed by atoms with Crippen LogP contribution in [0.3, 0.4) is 0 Å². The quantitative estimate of drug-likeness (QED) is 0.0182. The zero-order valence-electron chi connectivity index (χ0n) is 70.0. The lowest BCUT2D eigenvalue weighted by Gasteiger charge is -2.12. The van der Waals surface area contributed by atoms with Crippen molar-refractivity contribution in [1.29, 1.82) is 0 Å². The number of allylic oxidation sites excluding steroid dienone is 36. The van der Waals surface area contributed by atoms with Crippen LogP contribution in [0.4, 0.5) is 0 Å². The molecule has 16 heteroatoms. The average molecular weight is 1650 g/mol. The zero-order chi connectivity index (χ0) is 84.9. The van der Waals surface area contributed by atoms with Gasteiger partial charge in [-0.15, -0.1) is 0 Å². The molecule has 121 heavy (non-hydrogen) atoms. The van der Waals surface area contributed by atoms with E-state index in [1.807, 2.05) is 24.3 Å². The molecule has 4 aromatic carbocycles. The summed E-state index contributed by atoms with van der Waals surface area (Å²) in [6.45, 7) is 8.49. The predicted molar refractivity (Wildman–Crippen MR) is 501 cm³/mol. The molecular weight excluding hydrogens is 1510 g/mol. The van der Waals surface area contributed by atoms with Crippen LogP contribution in [0.2, 0.25) is 0 Å². The van der Waals surface area contributed by atoms with Crippen LogP contribution >= 0.6 is 0 Å². The van der Waals surface area contributed by atoms with Gasteiger partial charge in [0.1, 0.15) is 45.3 Å². The van der Waals surface area contributed by atoms with E-state index in [1.165, 1.54) is 55.5 Å². The first kappa shape index (κ1) is 109. The second kappa shape index (κ2) is 77.8. The molecule has 0 aliphatic heterocycles. The largest absolute Gasteiger partial charge is 0.462 e. The number of carbonyl (C=O) groups is 8. The third-order valence-corrected chi connectivity index (χ3v) is 16.4. The molecule has 4 aromatic rings. The Morgan fingerprint density at radius 3 is 0.736 bits per heavy atom. The Balaban J connectivity index is 0.00000245. The van der Waals surface area contributed by atoms with E-state index in [4.69, 9.17) is 28.4 Å². The molecule has 0 atom stereocenters. The summed E-state index contributed by atoms with van der Waals surface area (Å²) in [6.07, 6.45) is 97.6. The summed E-state index contributed by atoms with van der Waals surface area (Å²) in [5.74, 6) is -3.99. The molecule has 0 bridgehead atoms. The SMILES string of the molecule is C.C.C.CC/C=C\C/C=C\C/C=C\C/C=C\C/C=C\C/C=C\CCC(=O)NCCCOC(=O)c1ccccc1OC(=O)c1ccccc1OC(=O)CC/C=C\C/C=C\C/C=C\C/C=C\C/C=C\C/C=C\CC.CC/C=C\C/C=C\C/C=C\C/C=C\C/C=C\C/C=C\CCC(=O)NCCCOC(=O)c1ccccc1OC(=O)c1ccccc1OC(C)=O. The predicted octanol–water partition coefficient (Wildman–Crippen LogP) is 26.3. The standard InChI is InChI=1S/C61H77NO7.C41H49NO7.3CH4/c1-3-5-7-9-11-13-15-17-19-21-23-25-27-29-31-33-35-37-39-50-58(63)62-52-45-53-67-60(65)54-46-41-44-49-57(54)69-61(66)55-47-42-43-48-56(55)68-59(64)51-40-38-36-34-32-30-28-26-24-22-20-18-16-14-12-10-8-6-4-2;1-3-4-5-6-7-8-9-10-11-12-13-14-15-16-17-18-19-20-21-31-39(44)42-32-26-33-47-40(45)35-27-22-25-30-38(35)49-41(46)36-28-23-24-29-37(36)48-34(2)43;;;/h5-8,11-14,17-20,23-26,29-32,35-38,41-44,46-49H,3-4,9-10,15-16,21-22,27-28,33-34,39-40,45,50-53H2,1-2H3,(H,62,63);4-5,7-8,10-11,13-14,16-17,19-20,22-25,27-30H,3,6,9,12,15,18,21,26,31-33H2,1-2H3,(H,42,44);3*1H4/b7-5-,8-6-,13-11-,14-12-,19-17-,20-18-,25-23-,26-24-,31-29-,32-30-,37-35-,38-36-;5-4-,8-7-,11-10-,14-13-,17-16-,20-19-;;;. The van der Waals surface area contributed by atoms with Crippen molar-refractivity contribution in [2.75, 3.05) is 26.3 Å². The van der Waals surface area contributed by atoms with E-state index < -0.39 is 35.8 Å². The molecule has 0 spiro atoms. The Bertz CT molecular complexity index is 4140. The van der Waals surface area contributed by atoms with Gasteiger partial charge in [-0.05, 0) is 196 Å². The second-order valence-electron chi connectivity index (χ2n) is 26.4. The van der Waals surface area contributed by atoms with Crippen molar-refractivity contribution in [3.63, 3.8) is 0 Å². The lowest BCUT2D eigenvalue weighted by atomic mass is 10.2. The van der Waals surface area contributed by atoms with Crippen LogP contribution < -0.4 is 29.6 Å². The van der Waals surface area contributed by atoms with Crippen molar-refractivity contribution in [2.45, 2.75) is 217 Å². The summed E-state index contributed by atoms with van der Waals surface area (Å²) in [4.78, 5) is 100. The number of carbonyl (C=O) groups excluding carboxylic acids is 8. The maximum Gasteiger partial charge on any atom is 0.347 e. The lowest BCUT2D eigenvalue weighted by molar-refractivity contribution is -0.134. The summed E-state index contributed by atoms with van der Waals surface area (Å²) in [5, 5.41) is 5.68. The van der Waals surface area contributed by atoms with Crippen molar-refractivity contribution in [3.8, 4) is 23.0 Å². The fourth-order valence-electron chi connectivity index (χ4n) is 10.3. The van der Waals surface area contributed by atoms with Crippen molar-refractivity contribution >= 4 is 47.6 Å². The van der Waals surface area contributed by atoms with Crippen LogP contribution in [0.1, 0.15) is 258 Å². The minimum Gasteiger partial charge on any atom is -0.462 e. The summed E-state index contributed by atoms with van der Waals surface area (Å²) >= 11 is 0. The normalized spacial score (nSPS) is 11.9. The number of ether oxygens (including phenoxy) is 6. The highest BCUT2D eigenvalue weighted by atomic mass is 16.6. The van der Waals surface area contributed by atoms with Gasteiger partial charge in [0.05, 0.1) is 13.2 Å². The number of amides is 2. The first-order valence-electron chi connectivity index (χ1n) is 41.6. The van der Waals surface area contributed by atoms with Crippen molar-refractivity contribution in [1.82, 2.24) is 10.6 Å². The Labute approximate surface area is 725 Å². The Hall–Kier alpha value is -12.0. The van der Waals surface area contributed by atoms with E-state index in [2.05, 4.69) is 226 Å². The summed E-state index contributed by atoms with van der Waals surface area (Å²) in [6, 6.07) is 24.9. The van der Waals surface area contributed by atoms with Crippen molar-refractivity contribution in [2.24, 2.45) is 0 Å². The van der Waals surface area contributed by atoms with Crippen LogP contribution in [0.5, 0.6) is 23.0 Å². The van der Waals surface area contributed by atoms with Gasteiger partial charge < -0.3 is 39.1 Å². The molecule has 0 fully saturated rings. The van der Waals surface area contributed by atoms with Crippen LogP contribution in [0.25, 0.3) is 0 Å². The van der Waals surface area contributed by atoms with Gasteiger partial charge in [0, 0.05) is 39.3 Å². The number of esters is 6. The molecule has 4 rings (SSSR count). The average Bonchev–Trinajstić information content (AvgIpc) is 0.835. The van der Waals surface area contributed by atoms with Crippen LogP contribution in [0, 0.1) is 0 Å². The van der Waals surface area contributed by atoms with Gasteiger partial charge in [-0.3, -0.25) is 19.2 Å². The number of benzene rings is 4. The van der Waals surface area contributed by atoms with Crippen LogP contribution in [-0.4, -0.2) is 73.9 Å². The topological polar surface area (TPSA) is 216 Å². The molecule has 0 unspecified atom stereocenters. The minimum atomic E-state index is -0.790. The van der Waals surface area contributed by atoms with Crippen molar-refractivity contribution < 1.29 is 66.8 Å². The highest BCUT2D eigenvalue weighted by Crippen LogP contribution is 2.27. The van der Waals surface area contributed by atoms with Gasteiger partial charge in [0.2, 0.25) is 11.8 Å². The van der Waals surface area contributed by atoms with Gasteiger partial charge in [-0.2, -0.15) is 0 Å². The monoisotopic (exact) mass is 1650 g/mol. The molecule has 2 amide bonds. The summed E-state index contributed by atoms with van der Waals surface area (Å²) in [7, 11) is 0. The maximum atomic E-state index is 13.3. The fourth-order valence-corrected chi connectivity index (χ4v) is 10.3. The smallest absolute Gasteiger partial charge is 0.347 e. The molecule has 0 aromatic heterocycles. The number of rotatable bonds is 58. The minimum absolute atomic E-state index is 0. The molecule has 0 aliphatic rings. The van der Waals surface area contributed by atoms with E-state index >= 15 is 0 Å². The van der Waals surface area contributed by atoms with Gasteiger partial charge in [-0.25, -0.2) is 19.2 Å². The Morgan fingerprint density at radius 2 is 0.479 bits per heavy atom. The molecule has 16 nitrogen and oxygen atoms in total. The zero-order valence-corrected chi connectivity index (χ0v) is 70.0.